The molecule has 0 saturated carbocycles. The molecule has 1 amide bonds. The van der Waals surface area contributed by atoms with Crippen LogP contribution in [0.5, 0.6) is 0 Å². The van der Waals surface area contributed by atoms with E-state index in [2.05, 4.69) is 5.32 Å². The summed E-state index contributed by atoms with van der Waals surface area (Å²) in [6, 6.07) is 7.51. The van der Waals surface area contributed by atoms with Crippen molar-refractivity contribution in [2.24, 2.45) is 5.73 Å². The third-order valence-corrected chi connectivity index (χ3v) is 2.76. The maximum Gasteiger partial charge on any atom is 0.287 e. The molecule has 2 aromatic rings. The van der Waals surface area contributed by atoms with Crippen LogP contribution in [0.25, 0.3) is 11.0 Å². The van der Waals surface area contributed by atoms with E-state index in [1.807, 2.05) is 25.1 Å². The van der Waals surface area contributed by atoms with Crippen molar-refractivity contribution < 1.29 is 9.21 Å². The minimum Gasteiger partial charge on any atom is -0.451 e. The van der Waals surface area contributed by atoms with Crippen molar-refractivity contribution >= 4 is 34.1 Å². The lowest BCUT2D eigenvalue weighted by Crippen LogP contribution is -2.26. The summed E-state index contributed by atoms with van der Waals surface area (Å²) < 4.78 is 5.47. The average Bonchev–Trinajstić information content (AvgIpc) is 2.71. The SMILES string of the molecule is Cc1ccc2oc(C(=O)NCCC(N)=S)cc2c1. The molecule has 1 aromatic heterocycles. The summed E-state index contributed by atoms with van der Waals surface area (Å²) in [4.78, 5) is 12.2. The van der Waals surface area contributed by atoms with Gasteiger partial charge in [-0.3, -0.25) is 4.79 Å². The summed E-state index contributed by atoms with van der Waals surface area (Å²) in [5.74, 6) is 0.0543. The fourth-order valence-electron chi connectivity index (χ4n) is 1.66. The molecular weight excluding hydrogens is 248 g/mol. The van der Waals surface area contributed by atoms with Gasteiger partial charge in [0, 0.05) is 18.4 Å². The first-order valence-corrected chi connectivity index (χ1v) is 6.04. The first kappa shape index (κ1) is 12.6. The molecule has 2 rings (SSSR count). The van der Waals surface area contributed by atoms with Gasteiger partial charge in [-0.05, 0) is 25.1 Å². The normalized spacial score (nSPS) is 10.5. The monoisotopic (exact) mass is 262 g/mol. The predicted molar refractivity (Wildman–Crippen MR) is 74.7 cm³/mol. The number of rotatable bonds is 4. The summed E-state index contributed by atoms with van der Waals surface area (Å²) in [5, 5.41) is 3.63. The summed E-state index contributed by atoms with van der Waals surface area (Å²) in [7, 11) is 0. The van der Waals surface area contributed by atoms with Crippen LogP contribution in [-0.4, -0.2) is 17.4 Å². The van der Waals surface area contributed by atoms with Crippen molar-refractivity contribution in [3.8, 4) is 0 Å². The van der Waals surface area contributed by atoms with Gasteiger partial charge in [-0.25, -0.2) is 0 Å². The number of nitrogens with one attached hydrogen (secondary N) is 1. The molecule has 94 valence electrons. The Labute approximate surface area is 110 Å². The summed E-state index contributed by atoms with van der Waals surface area (Å²) in [6.07, 6.45) is 0.487. The number of carbonyl (C=O) groups excluding carboxylic acids is 1. The standard InChI is InChI=1S/C13H14N2O2S/c1-8-2-3-10-9(6-8)7-11(17-10)13(16)15-5-4-12(14)18/h2-3,6-7H,4-5H2,1H3,(H2,14,18)(H,15,16). The highest BCUT2D eigenvalue weighted by molar-refractivity contribution is 7.80. The van der Waals surface area contributed by atoms with E-state index in [0.29, 0.717) is 29.3 Å². The van der Waals surface area contributed by atoms with Gasteiger partial charge in [0.15, 0.2) is 5.76 Å². The summed E-state index contributed by atoms with van der Waals surface area (Å²) >= 11 is 4.73. The molecule has 0 aliphatic carbocycles. The van der Waals surface area contributed by atoms with Crippen molar-refractivity contribution in [3.63, 3.8) is 0 Å². The minimum atomic E-state index is -0.250. The van der Waals surface area contributed by atoms with Gasteiger partial charge in [-0.15, -0.1) is 0 Å². The highest BCUT2D eigenvalue weighted by Gasteiger charge is 2.11. The third-order valence-electron chi connectivity index (χ3n) is 2.55. The van der Waals surface area contributed by atoms with Gasteiger partial charge in [0.05, 0.1) is 4.99 Å². The minimum absolute atomic E-state index is 0.250. The number of fused-ring (bicyclic) bond motifs is 1. The molecule has 0 unspecified atom stereocenters. The lowest BCUT2D eigenvalue weighted by molar-refractivity contribution is 0.0929. The van der Waals surface area contributed by atoms with Crippen LogP contribution in [0.1, 0.15) is 22.5 Å². The molecular formula is C13H14N2O2S. The van der Waals surface area contributed by atoms with Gasteiger partial charge in [0.2, 0.25) is 0 Å². The Balaban J connectivity index is 2.10. The second kappa shape index (κ2) is 5.18. The van der Waals surface area contributed by atoms with E-state index >= 15 is 0 Å². The zero-order valence-corrected chi connectivity index (χ0v) is 10.8. The Bertz CT molecular complexity index is 604. The van der Waals surface area contributed by atoms with E-state index in [1.165, 1.54) is 0 Å². The van der Waals surface area contributed by atoms with Crippen LogP contribution < -0.4 is 11.1 Å². The van der Waals surface area contributed by atoms with Gasteiger partial charge in [0.1, 0.15) is 5.58 Å². The second-order valence-electron chi connectivity index (χ2n) is 4.12. The molecule has 0 bridgehead atoms. The first-order chi connectivity index (χ1) is 8.56. The maximum absolute atomic E-state index is 11.8. The first-order valence-electron chi connectivity index (χ1n) is 5.63. The second-order valence-corrected chi connectivity index (χ2v) is 4.65. The Morgan fingerprint density at radius 3 is 2.94 bits per heavy atom. The number of benzene rings is 1. The van der Waals surface area contributed by atoms with E-state index in [0.717, 1.165) is 10.9 Å². The van der Waals surface area contributed by atoms with E-state index in [1.54, 1.807) is 6.07 Å². The fraction of sp³-hybridized carbons (Fsp3) is 0.231. The van der Waals surface area contributed by atoms with Crippen LogP contribution in [0.4, 0.5) is 0 Å². The summed E-state index contributed by atoms with van der Waals surface area (Å²) in [5.41, 5.74) is 7.19. The van der Waals surface area contributed by atoms with Gasteiger partial charge < -0.3 is 15.5 Å². The van der Waals surface area contributed by atoms with Crippen LogP contribution in [0.2, 0.25) is 0 Å². The highest BCUT2D eigenvalue weighted by atomic mass is 32.1. The van der Waals surface area contributed by atoms with Gasteiger partial charge in [-0.2, -0.15) is 0 Å². The Morgan fingerprint density at radius 1 is 1.44 bits per heavy atom. The van der Waals surface area contributed by atoms with Crippen molar-refractivity contribution in [3.05, 3.63) is 35.6 Å². The molecule has 0 fully saturated rings. The number of hydrogen-bond donors (Lipinski definition) is 2. The van der Waals surface area contributed by atoms with Crippen LogP contribution in [0.3, 0.4) is 0 Å². The molecule has 5 heteroatoms. The number of hydrogen-bond acceptors (Lipinski definition) is 3. The Hall–Kier alpha value is -1.88. The van der Waals surface area contributed by atoms with Crippen LogP contribution in [0, 0.1) is 6.92 Å². The number of carbonyl (C=O) groups is 1. The van der Waals surface area contributed by atoms with Crippen molar-refractivity contribution in [1.29, 1.82) is 0 Å². The number of amides is 1. The van der Waals surface area contributed by atoms with Crippen molar-refractivity contribution in [2.75, 3.05) is 6.54 Å². The zero-order valence-electron chi connectivity index (χ0n) is 10.0. The average molecular weight is 262 g/mol. The lowest BCUT2D eigenvalue weighted by atomic mass is 10.2. The zero-order chi connectivity index (χ0) is 13.1. The Morgan fingerprint density at radius 2 is 2.22 bits per heavy atom. The number of aryl methyl sites for hydroxylation is 1. The molecule has 0 atom stereocenters. The third kappa shape index (κ3) is 2.87. The predicted octanol–water partition coefficient (Wildman–Crippen LogP) is 2.15. The lowest BCUT2D eigenvalue weighted by Gasteiger charge is -2.00. The van der Waals surface area contributed by atoms with E-state index in [9.17, 15) is 4.79 Å². The fourth-order valence-corrected chi connectivity index (χ4v) is 1.76. The smallest absolute Gasteiger partial charge is 0.287 e. The molecule has 18 heavy (non-hydrogen) atoms. The van der Waals surface area contributed by atoms with Gasteiger partial charge in [0.25, 0.3) is 5.91 Å². The van der Waals surface area contributed by atoms with Gasteiger partial charge >= 0.3 is 0 Å². The van der Waals surface area contributed by atoms with E-state index in [-0.39, 0.29) is 5.91 Å². The number of thiocarbonyl (C=S) groups is 1. The topological polar surface area (TPSA) is 68.3 Å². The quantitative estimate of drug-likeness (QED) is 0.828. The molecule has 4 nitrogen and oxygen atoms in total. The summed E-state index contributed by atoms with van der Waals surface area (Å²) in [6.45, 7) is 2.42. The molecule has 1 aromatic carbocycles. The highest BCUT2D eigenvalue weighted by Crippen LogP contribution is 2.20. The van der Waals surface area contributed by atoms with Crippen molar-refractivity contribution in [1.82, 2.24) is 5.32 Å². The van der Waals surface area contributed by atoms with Crippen LogP contribution in [-0.2, 0) is 0 Å². The molecule has 0 radical (unpaired) electrons. The van der Waals surface area contributed by atoms with Gasteiger partial charge in [-0.1, -0.05) is 23.8 Å². The van der Waals surface area contributed by atoms with Crippen LogP contribution >= 0.6 is 12.2 Å². The molecule has 3 N–H and O–H groups in total. The maximum atomic E-state index is 11.8. The van der Waals surface area contributed by atoms with Crippen LogP contribution in [0.15, 0.2) is 28.7 Å². The number of nitrogens with two attached hydrogens (primary N) is 1. The molecule has 0 aliphatic rings. The Kier molecular flexibility index (Phi) is 3.62. The molecule has 0 aliphatic heterocycles. The van der Waals surface area contributed by atoms with E-state index in [4.69, 9.17) is 22.4 Å². The molecule has 1 heterocycles. The van der Waals surface area contributed by atoms with Crippen molar-refractivity contribution in [2.45, 2.75) is 13.3 Å². The van der Waals surface area contributed by atoms with E-state index < -0.39 is 0 Å². The molecule has 0 saturated heterocycles. The number of furan rings is 1. The molecule has 0 spiro atoms. The largest absolute Gasteiger partial charge is 0.451 e.